The van der Waals surface area contributed by atoms with Gasteiger partial charge in [0.15, 0.2) is 11.0 Å². The average molecular weight is 407 g/mol. The van der Waals surface area contributed by atoms with Crippen LogP contribution in [-0.2, 0) is 16.6 Å². The number of hydrogen-bond acceptors (Lipinski definition) is 5. The van der Waals surface area contributed by atoms with Crippen molar-refractivity contribution in [3.63, 3.8) is 0 Å². The molecule has 1 aromatic heterocycles. The van der Waals surface area contributed by atoms with E-state index < -0.39 is 0 Å². The second-order valence-electron chi connectivity index (χ2n) is 6.90. The summed E-state index contributed by atoms with van der Waals surface area (Å²) in [5.41, 5.74) is 2.35. The lowest BCUT2D eigenvalue weighted by Crippen LogP contribution is -2.40. The quantitative estimate of drug-likeness (QED) is 0.671. The Morgan fingerprint density at radius 2 is 1.86 bits per heavy atom. The van der Waals surface area contributed by atoms with E-state index in [1.165, 1.54) is 11.8 Å². The highest BCUT2D eigenvalue weighted by Crippen LogP contribution is 2.32. The second kappa shape index (κ2) is 8.08. The third kappa shape index (κ3) is 3.88. The van der Waals surface area contributed by atoms with Crippen molar-refractivity contribution >= 4 is 35.0 Å². The maximum absolute atomic E-state index is 13.1. The predicted octanol–water partition coefficient (Wildman–Crippen LogP) is 3.34. The molecule has 0 saturated carbocycles. The second-order valence-corrected chi connectivity index (χ2v) is 7.84. The molecule has 1 aliphatic rings. The first-order valence-corrected chi connectivity index (χ1v) is 10.3. The summed E-state index contributed by atoms with van der Waals surface area (Å²) < 4.78 is 1.89. The van der Waals surface area contributed by atoms with Crippen LogP contribution in [0.3, 0.4) is 0 Å². The standard InChI is InChI=1S/C21H21N5O2S/c1-14-12-18(27)22-16-10-6-7-11-17(16)26(14)19(28)13-29-21-24-23-20(25(21)2)15-8-4-3-5-9-15/h3-11,14H,12-13H2,1-2H3,(H,22,27). The molecule has 8 heteroatoms. The van der Waals surface area contributed by atoms with Crippen LogP contribution in [0.1, 0.15) is 13.3 Å². The molecule has 2 heterocycles. The van der Waals surface area contributed by atoms with Gasteiger partial charge in [0, 0.05) is 25.1 Å². The molecule has 2 amide bonds. The molecule has 0 aliphatic carbocycles. The lowest BCUT2D eigenvalue weighted by Gasteiger charge is -2.27. The number of rotatable bonds is 4. The van der Waals surface area contributed by atoms with E-state index in [4.69, 9.17) is 0 Å². The van der Waals surface area contributed by atoms with Crippen LogP contribution in [0.25, 0.3) is 11.4 Å². The Morgan fingerprint density at radius 1 is 1.14 bits per heavy atom. The molecule has 1 aliphatic heterocycles. The van der Waals surface area contributed by atoms with E-state index in [9.17, 15) is 9.59 Å². The Kier molecular flexibility index (Phi) is 5.35. The monoisotopic (exact) mass is 407 g/mol. The molecule has 1 unspecified atom stereocenters. The van der Waals surface area contributed by atoms with Crippen LogP contribution in [0.5, 0.6) is 0 Å². The van der Waals surface area contributed by atoms with Gasteiger partial charge in [0.05, 0.1) is 17.1 Å². The Morgan fingerprint density at radius 3 is 2.66 bits per heavy atom. The van der Waals surface area contributed by atoms with E-state index in [1.54, 1.807) is 4.90 Å². The van der Waals surface area contributed by atoms with E-state index >= 15 is 0 Å². The molecule has 3 aromatic rings. The van der Waals surface area contributed by atoms with Crippen molar-refractivity contribution in [3.05, 3.63) is 54.6 Å². The minimum absolute atomic E-state index is 0.0734. The number of benzene rings is 2. The number of amides is 2. The van der Waals surface area contributed by atoms with Crippen LogP contribution >= 0.6 is 11.8 Å². The van der Waals surface area contributed by atoms with Crippen LogP contribution in [0.2, 0.25) is 0 Å². The normalized spacial score (nSPS) is 16.1. The van der Waals surface area contributed by atoms with Gasteiger partial charge in [-0.3, -0.25) is 9.59 Å². The predicted molar refractivity (Wildman–Crippen MR) is 114 cm³/mol. The number of fused-ring (bicyclic) bond motifs is 1. The molecule has 0 saturated heterocycles. The van der Waals surface area contributed by atoms with Gasteiger partial charge in [-0.05, 0) is 19.1 Å². The van der Waals surface area contributed by atoms with E-state index in [2.05, 4.69) is 15.5 Å². The molecule has 1 atom stereocenters. The lowest BCUT2D eigenvalue weighted by atomic mass is 10.2. The van der Waals surface area contributed by atoms with E-state index in [0.717, 1.165) is 17.1 Å². The van der Waals surface area contributed by atoms with Crippen molar-refractivity contribution in [1.82, 2.24) is 14.8 Å². The number of para-hydroxylation sites is 2. The maximum atomic E-state index is 13.1. The molecule has 2 aromatic carbocycles. The Balaban J connectivity index is 1.53. The molecule has 7 nitrogen and oxygen atoms in total. The summed E-state index contributed by atoms with van der Waals surface area (Å²) in [6.07, 6.45) is 0.257. The van der Waals surface area contributed by atoms with Crippen molar-refractivity contribution in [2.75, 3.05) is 16.0 Å². The Labute approximate surface area is 173 Å². The summed E-state index contributed by atoms with van der Waals surface area (Å²) in [5, 5.41) is 12.1. The number of thioether (sulfide) groups is 1. The van der Waals surface area contributed by atoms with Crippen molar-refractivity contribution in [2.45, 2.75) is 24.5 Å². The number of carbonyl (C=O) groups excluding carboxylic acids is 2. The zero-order valence-corrected chi connectivity index (χ0v) is 17.0. The van der Waals surface area contributed by atoms with Gasteiger partial charge in [-0.2, -0.15) is 0 Å². The highest BCUT2D eigenvalue weighted by atomic mass is 32.2. The first-order valence-electron chi connectivity index (χ1n) is 9.33. The highest BCUT2D eigenvalue weighted by molar-refractivity contribution is 7.99. The number of carbonyl (C=O) groups is 2. The van der Waals surface area contributed by atoms with Crippen LogP contribution < -0.4 is 10.2 Å². The minimum atomic E-state index is -0.230. The summed E-state index contributed by atoms with van der Waals surface area (Å²) in [6.45, 7) is 1.89. The Hall–Kier alpha value is -3.13. The van der Waals surface area contributed by atoms with Gasteiger partial charge in [0.1, 0.15) is 0 Å². The third-order valence-corrected chi connectivity index (χ3v) is 5.82. The summed E-state index contributed by atoms with van der Waals surface area (Å²) >= 11 is 1.34. The number of hydrogen-bond donors (Lipinski definition) is 1. The number of nitrogens with zero attached hydrogens (tertiary/aromatic N) is 4. The van der Waals surface area contributed by atoms with E-state index in [-0.39, 0.29) is 30.0 Å². The molecule has 0 bridgehead atoms. The highest BCUT2D eigenvalue weighted by Gasteiger charge is 2.29. The number of aromatic nitrogens is 3. The fraction of sp³-hybridized carbons (Fsp3) is 0.238. The topological polar surface area (TPSA) is 80.1 Å². The summed E-state index contributed by atoms with van der Waals surface area (Å²) in [6, 6.07) is 17.0. The van der Waals surface area contributed by atoms with Crippen molar-refractivity contribution in [3.8, 4) is 11.4 Å². The zero-order valence-electron chi connectivity index (χ0n) is 16.2. The first kappa shape index (κ1) is 19.2. The molecular formula is C21H21N5O2S. The van der Waals surface area contributed by atoms with Gasteiger partial charge >= 0.3 is 0 Å². The number of nitrogens with one attached hydrogen (secondary N) is 1. The fourth-order valence-electron chi connectivity index (χ4n) is 3.44. The van der Waals surface area contributed by atoms with Crippen molar-refractivity contribution in [2.24, 2.45) is 7.05 Å². The van der Waals surface area contributed by atoms with Crippen molar-refractivity contribution < 1.29 is 9.59 Å². The zero-order chi connectivity index (χ0) is 20.4. The van der Waals surface area contributed by atoms with Gasteiger partial charge < -0.3 is 14.8 Å². The van der Waals surface area contributed by atoms with Crippen LogP contribution in [0.4, 0.5) is 11.4 Å². The molecule has 4 rings (SSSR count). The fourth-order valence-corrected chi connectivity index (χ4v) is 4.21. The van der Waals surface area contributed by atoms with Crippen LogP contribution in [0.15, 0.2) is 59.8 Å². The van der Waals surface area contributed by atoms with Crippen LogP contribution in [-0.4, -0.2) is 38.4 Å². The van der Waals surface area contributed by atoms with E-state index in [0.29, 0.717) is 10.8 Å². The SMILES string of the molecule is CC1CC(=O)Nc2ccccc2N1C(=O)CSc1nnc(-c2ccccc2)n1C. The lowest BCUT2D eigenvalue weighted by molar-refractivity contribution is -0.117. The molecule has 148 valence electrons. The molecular weight excluding hydrogens is 386 g/mol. The number of anilines is 2. The molecule has 29 heavy (non-hydrogen) atoms. The largest absolute Gasteiger partial charge is 0.324 e. The maximum Gasteiger partial charge on any atom is 0.237 e. The molecule has 0 fully saturated rings. The van der Waals surface area contributed by atoms with Gasteiger partial charge in [0.2, 0.25) is 11.8 Å². The van der Waals surface area contributed by atoms with Gasteiger partial charge in [0.25, 0.3) is 0 Å². The molecule has 0 spiro atoms. The average Bonchev–Trinajstić information content (AvgIpc) is 3.02. The van der Waals surface area contributed by atoms with Gasteiger partial charge in [-0.15, -0.1) is 10.2 Å². The smallest absolute Gasteiger partial charge is 0.237 e. The van der Waals surface area contributed by atoms with Gasteiger partial charge in [-0.25, -0.2) is 0 Å². The Bertz CT molecular complexity index is 1050. The van der Waals surface area contributed by atoms with Crippen LogP contribution in [0, 0.1) is 0 Å². The summed E-state index contributed by atoms with van der Waals surface area (Å²) in [7, 11) is 1.89. The summed E-state index contributed by atoms with van der Waals surface area (Å²) in [4.78, 5) is 26.9. The van der Waals surface area contributed by atoms with Crippen molar-refractivity contribution in [1.29, 1.82) is 0 Å². The molecule has 1 N–H and O–H groups in total. The first-order chi connectivity index (χ1) is 14.0. The van der Waals surface area contributed by atoms with E-state index in [1.807, 2.05) is 73.1 Å². The molecule has 0 radical (unpaired) electrons. The summed E-state index contributed by atoms with van der Waals surface area (Å²) in [5.74, 6) is 0.793. The third-order valence-electron chi connectivity index (χ3n) is 4.82. The minimum Gasteiger partial charge on any atom is -0.324 e. The van der Waals surface area contributed by atoms with Gasteiger partial charge in [-0.1, -0.05) is 54.2 Å².